The van der Waals surface area contributed by atoms with Gasteiger partial charge in [0.1, 0.15) is 10.7 Å². The molecule has 0 saturated carbocycles. The standard InChI is InChI=1S/C18H16ClNO3S/c19-14-7-5-13(6-8-14)18(21)23-16-4-2-1-3-15(16)17(24)20-9-11-22-12-10-20/h1-8H,9-12H2. The second-order valence-corrected chi connectivity index (χ2v) is 6.12. The van der Waals surface area contributed by atoms with E-state index in [1.807, 2.05) is 18.2 Å². The number of benzene rings is 2. The molecule has 4 nitrogen and oxygen atoms in total. The third kappa shape index (κ3) is 3.93. The Bertz CT molecular complexity index is 742. The van der Waals surface area contributed by atoms with Crippen LogP contribution < -0.4 is 4.74 Å². The number of carbonyl (C=O) groups excluding carboxylic acids is 1. The molecule has 1 aliphatic rings. The predicted octanol–water partition coefficient (Wildman–Crippen LogP) is 3.57. The zero-order valence-corrected chi connectivity index (χ0v) is 14.5. The van der Waals surface area contributed by atoms with Crippen molar-refractivity contribution < 1.29 is 14.3 Å². The van der Waals surface area contributed by atoms with Gasteiger partial charge in [-0.2, -0.15) is 0 Å². The van der Waals surface area contributed by atoms with Gasteiger partial charge in [-0.25, -0.2) is 4.79 Å². The van der Waals surface area contributed by atoms with E-state index in [0.717, 1.165) is 18.7 Å². The zero-order chi connectivity index (χ0) is 16.9. The highest BCUT2D eigenvalue weighted by molar-refractivity contribution is 7.80. The lowest BCUT2D eigenvalue weighted by Crippen LogP contribution is -2.40. The number of morpholine rings is 1. The summed E-state index contributed by atoms with van der Waals surface area (Å²) in [6.45, 7) is 2.76. The van der Waals surface area contributed by atoms with E-state index in [9.17, 15) is 4.79 Å². The van der Waals surface area contributed by atoms with Crippen LogP contribution >= 0.6 is 23.8 Å². The first-order chi connectivity index (χ1) is 11.6. The Morgan fingerprint density at radius 2 is 1.75 bits per heavy atom. The van der Waals surface area contributed by atoms with Crippen molar-refractivity contribution in [3.05, 3.63) is 64.7 Å². The van der Waals surface area contributed by atoms with Gasteiger partial charge in [-0.3, -0.25) is 0 Å². The third-order valence-corrected chi connectivity index (χ3v) is 4.43. The average molecular weight is 362 g/mol. The molecule has 0 N–H and O–H groups in total. The number of rotatable bonds is 3. The molecule has 0 amide bonds. The molecule has 0 unspecified atom stereocenters. The third-order valence-electron chi connectivity index (χ3n) is 3.70. The SMILES string of the molecule is O=C(Oc1ccccc1C(=S)N1CCOCC1)c1ccc(Cl)cc1. The fraction of sp³-hybridized carbons (Fsp3) is 0.222. The van der Waals surface area contributed by atoms with Gasteiger partial charge in [0.05, 0.1) is 24.3 Å². The van der Waals surface area contributed by atoms with Crippen molar-refractivity contribution in [3.8, 4) is 5.75 Å². The van der Waals surface area contributed by atoms with Gasteiger partial charge in [-0.1, -0.05) is 36.0 Å². The number of halogens is 1. The Labute approximate surface area is 150 Å². The van der Waals surface area contributed by atoms with Gasteiger partial charge in [-0.05, 0) is 36.4 Å². The lowest BCUT2D eigenvalue weighted by molar-refractivity contribution is 0.0687. The van der Waals surface area contributed by atoms with Gasteiger partial charge in [0.2, 0.25) is 0 Å². The summed E-state index contributed by atoms with van der Waals surface area (Å²) in [7, 11) is 0. The van der Waals surface area contributed by atoms with E-state index < -0.39 is 5.97 Å². The molecule has 1 aliphatic heterocycles. The molecular weight excluding hydrogens is 346 g/mol. The zero-order valence-electron chi connectivity index (χ0n) is 12.9. The number of ether oxygens (including phenoxy) is 2. The summed E-state index contributed by atoms with van der Waals surface area (Å²) in [4.78, 5) is 15.1. The number of hydrogen-bond donors (Lipinski definition) is 0. The summed E-state index contributed by atoms with van der Waals surface area (Å²) in [6.07, 6.45) is 0. The Balaban J connectivity index is 1.79. The number of carbonyl (C=O) groups is 1. The smallest absolute Gasteiger partial charge is 0.343 e. The first-order valence-corrected chi connectivity index (χ1v) is 8.37. The molecule has 1 heterocycles. The monoisotopic (exact) mass is 361 g/mol. The van der Waals surface area contributed by atoms with Gasteiger partial charge in [0, 0.05) is 18.1 Å². The normalized spacial score (nSPS) is 14.3. The van der Waals surface area contributed by atoms with Crippen LogP contribution in [-0.4, -0.2) is 42.2 Å². The maximum atomic E-state index is 12.3. The van der Waals surface area contributed by atoms with E-state index in [1.54, 1.807) is 30.3 Å². The van der Waals surface area contributed by atoms with Crippen LogP contribution in [0.5, 0.6) is 5.75 Å². The minimum absolute atomic E-state index is 0.437. The second kappa shape index (κ2) is 7.75. The molecule has 3 rings (SSSR count). The van der Waals surface area contributed by atoms with Crippen LogP contribution in [0.25, 0.3) is 0 Å². The van der Waals surface area contributed by atoms with Crippen LogP contribution in [0.3, 0.4) is 0 Å². The van der Waals surface area contributed by atoms with Crippen LogP contribution in [0.2, 0.25) is 5.02 Å². The van der Waals surface area contributed by atoms with Gasteiger partial charge < -0.3 is 14.4 Å². The predicted molar refractivity (Wildman–Crippen MR) is 96.9 cm³/mol. The van der Waals surface area contributed by atoms with E-state index in [-0.39, 0.29) is 0 Å². The average Bonchev–Trinajstić information content (AvgIpc) is 2.63. The molecule has 6 heteroatoms. The van der Waals surface area contributed by atoms with Crippen LogP contribution in [-0.2, 0) is 4.74 Å². The molecule has 0 radical (unpaired) electrons. The van der Waals surface area contributed by atoms with E-state index in [1.165, 1.54) is 0 Å². The highest BCUT2D eigenvalue weighted by Crippen LogP contribution is 2.23. The van der Waals surface area contributed by atoms with Gasteiger partial charge >= 0.3 is 5.97 Å². The number of hydrogen-bond acceptors (Lipinski definition) is 4. The fourth-order valence-electron chi connectivity index (χ4n) is 2.41. The van der Waals surface area contributed by atoms with E-state index in [2.05, 4.69) is 4.90 Å². The van der Waals surface area contributed by atoms with Crippen molar-refractivity contribution in [2.45, 2.75) is 0 Å². The lowest BCUT2D eigenvalue weighted by atomic mass is 10.1. The molecule has 0 aromatic heterocycles. The summed E-state index contributed by atoms with van der Waals surface area (Å²) in [5, 5.41) is 0.570. The van der Waals surface area contributed by atoms with Crippen molar-refractivity contribution in [1.82, 2.24) is 4.90 Å². The Morgan fingerprint density at radius 1 is 1.08 bits per heavy atom. The Morgan fingerprint density at radius 3 is 2.46 bits per heavy atom. The molecule has 1 fully saturated rings. The molecule has 2 aromatic carbocycles. The first kappa shape index (κ1) is 16.9. The minimum atomic E-state index is -0.441. The number of esters is 1. The van der Waals surface area contributed by atoms with Crippen LogP contribution in [0.1, 0.15) is 15.9 Å². The Hall–Kier alpha value is -1.95. The highest BCUT2D eigenvalue weighted by Gasteiger charge is 2.19. The quantitative estimate of drug-likeness (QED) is 0.475. The molecule has 0 aliphatic carbocycles. The summed E-state index contributed by atoms with van der Waals surface area (Å²) >= 11 is 11.4. The first-order valence-electron chi connectivity index (χ1n) is 7.59. The number of para-hydroxylation sites is 1. The fourth-order valence-corrected chi connectivity index (χ4v) is 2.89. The number of thiocarbonyl (C=S) groups is 1. The maximum absolute atomic E-state index is 12.3. The van der Waals surface area contributed by atoms with Crippen molar-refractivity contribution in [2.24, 2.45) is 0 Å². The van der Waals surface area contributed by atoms with Gasteiger partial charge in [0.25, 0.3) is 0 Å². The van der Waals surface area contributed by atoms with Crippen LogP contribution in [0.15, 0.2) is 48.5 Å². The molecule has 0 bridgehead atoms. The maximum Gasteiger partial charge on any atom is 0.343 e. The van der Waals surface area contributed by atoms with Crippen LogP contribution in [0, 0.1) is 0 Å². The Kier molecular flexibility index (Phi) is 5.45. The minimum Gasteiger partial charge on any atom is -0.422 e. The molecule has 24 heavy (non-hydrogen) atoms. The van der Waals surface area contributed by atoms with Crippen molar-refractivity contribution in [3.63, 3.8) is 0 Å². The van der Waals surface area contributed by atoms with E-state index in [0.29, 0.717) is 34.5 Å². The van der Waals surface area contributed by atoms with Crippen LogP contribution in [0.4, 0.5) is 0 Å². The molecule has 1 saturated heterocycles. The summed E-state index contributed by atoms with van der Waals surface area (Å²) in [5.41, 5.74) is 1.17. The summed E-state index contributed by atoms with van der Waals surface area (Å²) < 4.78 is 10.9. The highest BCUT2D eigenvalue weighted by atomic mass is 35.5. The van der Waals surface area contributed by atoms with Crippen molar-refractivity contribution >= 4 is 34.8 Å². The number of nitrogens with zero attached hydrogens (tertiary/aromatic N) is 1. The van der Waals surface area contributed by atoms with Crippen molar-refractivity contribution in [2.75, 3.05) is 26.3 Å². The summed E-state index contributed by atoms with van der Waals surface area (Å²) in [6, 6.07) is 13.9. The molecule has 0 spiro atoms. The lowest BCUT2D eigenvalue weighted by Gasteiger charge is -2.29. The second-order valence-electron chi connectivity index (χ2n) is 5.30. The topological polar surface area (TPSA) is 38.8 Å². The molecule has 2 aromatic rings. The van der Waals surface area contributed by atoms with Gasteiger partial charge in [-0.15, -0.1) is 0 Å². The summed E-state index contributed by atoms with van der Waals surface area (Å²) in [5.74, 6) is 0.0119. The van der Waals surface area contributed by atoms with E-state index in [4.69, 9.17) is 33.3 Å². The molecular formula is C18H16ClNO3S. The largest absolute Gasteiger partial charge is 0.422 e. The molecule has 124 valence electrons. The van der Waals surface area contributed by atoms with E-state index >= 15 is 0 Å². The van der Waals surface area contributed by atoms with Crippen molar-refractivity contribution in [1.29, 1.82) is 0 Å². The molecule has 0 atom stereocenters. The van der Waals surface area contributed by atoms with Gasteiger partial charge in [0.15, 0.2) is 0 Å².